The largest absolute Gasteiger partial charge is 0.396 e. The van der Waals surface area contributed by atoms with Crippen LogP contribution in [0.2, 0.25) is 0 Å². The third kappa shape index (κ3) is 3.10. The molecule has 0 saturated heterocycles. The molecule has 0 saturated carbocycles. The van der Waals surface area contributed by atoms with Crippen molar-refractivity contribution < 1.29 is 10.2 Å². The van der Waals surface area contributed by atoms with E-state index in [9.17, 15) is 0 Å². The Morgan fingerprint density at radius 3 is 2.72 bits per heavy atom. The zero-order chi connectivity index (χ0) is 12.8. The maximum atomic E-state index is 9.08. The summed E-state index contributed by atoms with van der Waals surface area (Å²) < 4.78 is 0. The van der Waals surface area contributed by atoms with Crippen LogP contribution in [-0.4, -0.2) is 46.4 Å². The van der Waals surface area contributed by atoms with Crippen molar-refractivity contribution in [3.05, 3.63) is 36.0 Å². The minimum Gasteiger partial charge on any atom is -0.396 e. The minimum absolute atomic E-state index is 0.147. The van der Waals surface area contributed by atoms with Crippen LogP contribution in [0.5, 0.6) is 0 Å². The van der Waals surface area contributed by atoms with E-state index in [1.165, 1.54) is 10.9 Å². The number of aliphatic hydroxyl groups is 2. The van der Waals surface area contributed by atoms with Crippen molar-refractivity contribution >= 4 is 10.9 Å². The molecule has 0 atom stereocenters. The van der Waals surface area contributed by atoms with Gasteiger partial charge >= 0.3 is 0 Å². The fraction of sp³-hybridized carbons (Fsp3) is 0.429. The highest BCUT2D eigenvalue weighted by molar-refractivity contribution is 5.82. The number of hydrogen-bond donors (Lipinski definition) is 3. The van der Waals surface area contributed by atoms with Gasteiger partial charge in [-0.2, -0.15) is 0 Å². The molecule has 4 nitrogen and oxygen atoms in total. The van der Waals surface area contributed by atoms with Gasteiger partial charge in [-0.25, -0.2) is 0 Å². The average molecular weight is 248 g/mol. The summed E-state index contributed by atoms with van der Waals surface area (Å²) in [5.41, 5.74) is 2.39. The van der Waals surface area contributed by atoms with E-state index in [4.69, 9.17) is 10.2 Å². The fourth-order valence-electron chi connectivity index (χ4n) is 2.23. The summed E-state index contributed by atoms with van der Waals surface area (Å²) in [5, 5.41) is 19.2. The highest BCUT2D eigenvalue weighted by atomic mass is 16.3. The molecule has 1 heterocycles. The van der Waals surface area contributed by atoms with Crippen LogP contribution in [0, 0.1) is 0 Å². The summed E-state index contributed by atoms with van der Waals surface area (Å²) in [4.78, 5) is 5.37. The Hall–Kier alpha value is -1.36. The van der Waals surface area contributed by atoms with E-state index >= 15 is 0 Å². The number of nitrogens with zero attached hydrogens (tertiary/aromatic N) is 1. The van der Waals surface area contributed by atoms with E-state index in [0.29, 0.717) is 6.54 Å². The second-order valence-corrected chi connectivity index (χ2v) is 4.43. The van der Waals surface area contributed by atoms with Gasteiger partial charge in [0.25, 0.3) is 0 Å². The summed E-state index contributed by atoms with van der Waals surface area (Å²) in [5.74, 6) is 0. The molecule has 0 aliphatic carbocycles. The summed E-state index contributed by atoms with van der Waals surface area (Å²) in [6.07, 6.45) is 2.68. The third-order valence-corrected chi connectivity index (χ3v) is 3.13. The molecule has 0 bridgehead atoms. The Bertz CT molecular complexity index is 481. The van der Waals surface area contributed by atoms with Gasteiger partial charge in [0.1, 0.15) is 0 Å². The first kappa shape index (κ1) is 13.1. The summed E-state index contributed by atoms with van der Waals surface area (Å²) in [6.45, 7) is 2.58. The Balaban J connectivity index is 2.12. The predicted molar refractivity (Wildman–Crippen MR) is 72.4 cm³/mol. The van der Waals surface area contributed by atoms with Gasteiger partial charge in [-0.15, -0.1) is 0 Å². The van der Waals surface area contributed by atoms with Crippen LogP contribution in [0.1, 0.15) is 12.0 Å². The molecule has 0 aliphatic rings. The van der Waals surface area contributed by atoms with Crippen molar-refractivity contribution in [2.75, 3.05) is 26.3 Å². The molecule has 0 amide bonds. The molecule has 0 radical (unpaired) electrons. The predicted octanol–water partition coefficient (Wildman–Crippen LogP) is 1.34. The lowest BCUT2D eigenvalue weighted by atomic mass is 10.1. The summed E-state index contributed by atoms with van der Waals surface area (Å²) >= 11 is 0. The molecule has 0 fully saturated rings. The van der Waals surface area contributed by atoms with Crippen molar-refractivity contribution in [2.45, 2.75) is 13.0 Å². The third-order valence-electron chi connectivity index (χ3n) is 3.13. The van der Waals surface area contributed by atoms with Gasteiger partial charge in [-0.3, -0.25) is 4.90 Å². The van der Waals surface area contributed by atoms with Gasteiger partial charge in [-0.05, 0) is 24.1 Å². The van der Waals surface area contributed by atoms with Crippen LogP contribution in [-0.2, 0) is 6.54 Å². The van der Waals surface area contributed by atoms with Gasteiger partial charge < -0.3 is 15.2 Å². The van der Waals surface area contributed by atoms with Crippen LogP contribution in [0.15, 0.2) is 30.5 Å². The molecule has 4 heteroatoms. The Morgan fingerprint density at radius 2 is 1.94 bits per heavy atom. The van der Waals surface area contributed by atoms with E-state index in [-0.39, 0.29) is 13.2 Å². The highest BCUT2D eigenvalue weighted by Gasteiger charge is 2.08. The minimum atomic E-state index is 0.147. The molecule has 2 rings (SSSR count). The SMILES string of the molecule is OCCCN(CCO)Cc1cccc2[nH]ccc12. The zero-order valence-corrected chi connectivity index (χ0v) is 10.5. The number of aromatic amines is 1. The summed E-state index contributed by atoms with van der Waals surface area (Å²) in [6, 6.07) is 8.29. The maximum Gasteiger partial charge on any atom is 0.0558 e. The molecule has 98 valence electrons. The van der Waals surface area contributed by atoms with E-state index in [0.717, 1.165) is 25.0 Å². The quantitative estimate of drug-likeness (QED) is 0.693. The topological polar surface area (TPSA) is 59.5 Å². The fourth-order valence-corrected chi connectivity index (χ4v) is 2.23. The van der Waals surface area contributed by atoms with E-state index in [2.05, 4.69) is 28.1 Å². The van der Waals surface area contributed by atoms with Crippen LogP contribution in [0.25, 0.3) is 10.9 Å². The Labute approximate surface area is 107 Å². The van der Waals surface area contributed by atoms with Gasteiger partial charge in [0.2, 0.25) is 0 Å². The van der Waals surface area contributed by atoms with Crippen molar-refractivity contribution in [3.63, 3.8) is 0 Å². The first-order chi connectivity index (χ1) is 8.85. The van der Waals surface area contributed by atoms with Gasteiger partial charge in [0, 0.05) is 43.3 Å². The van der Waals surface area contributed by atoms with Crippen molar-refractivity contribution in [1.29, 1.82) is 0 Å². The van der Waals surface area contributed by atoms with Gasteiger partial charge in [0.05, 0.1) is 6.61 Å². The number of aromatic nitrogens is 1. The van der Waals surface area contributed by atoms with E-state index in [1.807, 2.05) is 12.3 Å². The lowest BCUT2D eigenvalue weighted by Gasteiger charge is -2.21. The first-order valence-electron chi connectivity index (χ1n) is 6.34. The van der Waals surface area contributed by atoms with E-state index in [1.54, 1.807) is 0 Å². The van der Waals surface area contributed by atoms with Crippen LogP contribution < -0.4 is 0 Å². The normalized spacial score (nSPS) is 11.5. The smallest absolute Gasteiger partial charge is 0.0558 e. The van der Waals surface area contributed by atoms with Gasteiger partial charge in [-0.1, -0.05) is 12.1 Å². The lowest BCUT2D eigenvalue weighted by molar-refractivity contribution is 0.174. The molecule has 3 N–H and O–H groups in total. The molecule has 18 heavy (non-hydrogen) atoms. The zero-order valence-electron chi connectivity index (χ0n) is 10.5. The van der Waals surface area contributed by atoms with Crippen LogP contribution in [0.4, 0.5) is 0 Å². The molecule has 1 aromatic carbocycles. The number of H-pyrrole nitrogens is 1. The average Bonchev–Trinajstić information content (AvgIpc) is 2.85. The molecule has 1 aromatic heterocycles. The number of benzene rings is 1. The van der Waals surface area contributed by atoms with Crippen LogP contribution >= 0.6 is 0 Å². The van der Waals surface area contributed by atoms with Crippen molar-refractivity contribution in [1.82, 2.24) is 9.88 Å². The van der Waals surface area contributed by atoms with E-state index < -0.39 is 0 Å². The second-order valence-electron chi connectivity index (χ2n) is 4.43. The number of fused-ring (bicyclic) bond motifs is 1. The molecule has 0 spiro atoms. The number of aliphatic hydroxyl groups excluding tert-OH is 2. The Kier molecular flexibility index (Phi) is 4.75. The highest BCUT2D eigenvalue weighted by Crippen LogP contribution is 2.19. The van der Waals surface area contributed by atoms with Crippen LogP contribution in [0.3, 0.4) is 0 Å². The molecule has 0 aliphatic heterocycles. The van der Waals surface area contributed by atoms with Gasteiger partial charge in [0.15, 0.2) is 0 Å². The molecular formula is C14H20N2O2. The molecule has 2 aromatic rings. The van der Waals surface area contributed by atoms with Crippen molar-refractivity contribution in [3.8, 4) is 0 Å². The number of rotatable bonds is 7. The van der Waals surface area contributed by atoms with Crippen molar-refractivity contribution in [2.24, 2.45) is 0 Å². The number of hydrogen-bond acceptors (Lipinski definition) is 3. The number of nitrogens with one attached hydrogen (secondary N) is 1. The first-order valence-corrected chi connectivity index (χ1v) is 6.34. The maximum absolute atomic E-state index is 9.08. The standard InChI is InChI=1S/C14H20N2O2/c17-9-2-7-16(8-10-18)11-12-3-1-4-14-13(12)5-6-15-14/h1,3-6,15,17-18H,2,7-11H2. The Morgan fingerprint density at radius 1 is 1.06 bits per heavy atom. The molecular weight excluding hydrogens is 228 g/mol. The second kappa shape index (κ2) is 6.54. The summed E-state index contributed by atoms with van der Waals surface area (Å²) in [7, 11) is 0. The monoisotopic (exact) mass is 248 g/mol. The molecule has 0 unspecified atom stereocenters. The lowest BCUT2D eigenvalue weighted by Crippen LogP contribution is -2.28.